The van der Waals surface area contributed by atoms with Crippen molar-refractivity contribution in [2.24, 2.45) is 5.73 Å². The van der Waals surface area contributed by atoms with E-state index < -0.39 is 0 Å². The van der Waals surface area contributed by atoms with Gasteiger partial charge in [0.1, 0.15) is 0 Å². The van der Waals surface area contributed by atoms with Crippen LogP contribution in [0.25, 0.3) is 0 Å². The zero-order chi connectivity index (χ0) is 10.7. The molecule has 2 unspecified atom stereocenters. The number of benzene rings is 1. The van der Waals surface area contributed by atoms with E-state index in [1.807, 2.05) is 13.0 Å². The lowest BCUT2D eigenvalue weighted by Gasteiger charge is -2.11. The molecule has 0 amide bonds. The van der Waals surface area contributed by atoms with Gasteiger partial charge in [-0.3, -0.25) is 5.32 Å². The first kappa shape index (κ1) is 10.2. The normalized spacial score (nSPS) is 23.1. The van der Waals surface area contributed by atoms with Gasteiger partial charge < -0.3 is 5.73 Å². The first-order valence-corrected chi connectivity index (χ1v) is 5.30. The van der Waals surface area contributed by atoms with Gasteiger partial charge in [0.2, 0.25) is 0 Å². The summed E-state index contributed by atoms with van der Waals surface area (Å²) in [6.45, 7) is 2.60. The van der Waals surface area contributed by atoms with E-state index >= 15 is 0 Å². The Bertz CT molecular complexity index is 400. The third kappa shape index (κ3) is 2.04. The Hall–Kier alpha value is -1.30. The molecule has 3 N–H and O–H groups in total. The fraction of sp³-hybridized carbons (Fsp3) is 0.385. The number of hydrogen-bond donors (Lipinski definition) is 2. The lowest BCUT2D eigenvalue weighted by molar-refractivity contribution is 0.527. The van der Waals surface area contributed by atoms with E-state index in [1.165, 1.54) is 11.1 Å². The third-order valence-electron chi connectivity index (χ3n) is 2.87. The molecule has 78 valence electrons. The molecule has 1 aromatic carbocycles. The maximum atomic E-state index is 6.06. The highest BCUT2D eigenvalue weighted by Crippen LogP contribution is 2.36. The molecule has 0 saturated carbocycles. The summed E-state index contributed by atoms with van der Waals surface area (Å²) >= 11 is 0. The lowest BCUT2D eigenvalue weighted by Crippen LogP contribution is -2.20. The SMILES string of the molecule is CC#CCNC1CC(N)c2ccccc21. The van der Waals surface area contributed by atoms with Crippen LogP contribution in [0.3, 0.4) is 0 Å². The van der Waals surface area contributed by atoms with Crippen molar-refractivity contribution in [1.29, 1.82) is 0 Å². The molecule has 0 radical (unpaired) electrons. The molecule has 0 spiro atoms. The maximum absolute atomic E-state index is 6.06. The molecular formula is C13H16N2. The van der Waals surface area contributed by atoms with Crippen molar-refractivity contribution in [2.75, 3.05) is 6.54 Å². The smallest absolute Gasteiger partial charge is 0.0581 e. The van der Waals surface area contributed by atoms with Crippen molar-refractivity contribution in [3.63, 3.8) is 0 Å². The van der Waals surface area contributed by atoms with Gasteiger partial charge in [0, 0.05) is 12.1 Å². The standard InChI is InChI=1S/C13H16N2/c1-2-3-8-15-13-9-12(14)10-6-4-5-7-11(10)13/h4-7,12-13,15H,8-9,14H2,1H3. The van der Waals surface area contributed by atoms with Gasteiger partial charge in [0.05, 0.1) is 6.54 Å². The molecule has 0 bridgehead atoms. The highest BCUT2D eigenvalue weighted by atomic mass is 14.9. The van der Waals surface area contributed by atoms with E-state index in [0.717, 1.165) is 13.0 Å². The van der Waals surface area contributed by atoms with Crippen molar-refractivity contribution in [1.82, 2.24) is 5.32 Å². The van der Waals surface area contributed by atoms with E-state index in [9.17, 15) is 0 Å². The van der Waals surface area contributed by atoms with Gasteiger partial charge in [-0.25, -0.2) is 0 Å². The lowest BCUT2D eigenvalue weighted by atomic mass is 10.1. The van der Waals surface area contributed by atoms with Crippen molar-refractivity contribution in [2.45, 2.75) is 25.4 Å². The number of nitrogens with two attached hydrogens (primary N) is 1. The minimum atomic E-state index is 0.174. The Kier molecular flexibility index (Phi) is 3.05. The van der Waals surface area contributed by atoms with Gasteiger partial charge in [0.25, 0.3) is 0 Å². The minimum Gasteiger partial charge on any atom is -0.324 e. The molecule has 15 heavy (non-hydrogen) atoms. The Morgan fingerprint density at radius 2 is 2.13 bits per heavy atom. The highest BCUT2D eigenvalue weighted by molar-refractivity contribution is 5.37. The van der Waals surface area contributed by atoms with E-state index in [1.54, 1.807) is 0 Å². The Morgan fingerprint density at radius 3 is 2.87 bits per heavy atom. The molecule has 2 nitrogen and oxygen atoms in total. The predicted octanol–water partition coefficient (Wildman–Crippen LogP) is 1.74. The maximum Gasteiger partial charge on any atom is 0.0581 e. The first-order chi connectivity index (χ1) is 7.33. The predicted molar refractivity (Wildman–Crippen MR) is 62.2 cm³/mol. The van der Waals surface area contributed by atoms with Gasteiger partial charge in [-0.1, -0.05) is 30.2 Å². The van der Waals surface area contributed by atoms with Crippen LogP contribution in [-0.2, 0) is 0 Å². The third-order valence-corrected chi connectivity index (χ3v) is 2.87. The average molecular weight is 200 g/mol. The summed E-state index contributed by atoms with van der Waals surface area (Å²) in [6, 6.07) is 8.93. The van der Waals surface area contributed by atoms with Gasteiger partial charge in [-0.05, 0) is 24.5 Å². The largest absolute Gasteiger partial charge is 0.324 e. The molecule has 0 aromatic heterocycles. The van der Waals surface area contributed by atoms with Crippen LogP contribution in [0.15, 0.2) is 24.3 Å². The second kappa shape index (κ2) is 4.48. The molecule has 2 atom stereocenters. The van der Waals surface area contributed by atoms with Crippen LogP contribution in [0, 0.1) is 11.8 Å². The van der Waals surface area contributed by atoms with Gasteiger partial charge in [-0.15, -0.1) is 5.92 Å². The van der Waals surface area contributed by atoms with E-state index in [-0.39, 0.29) is 6.04 Å². The fourth-order valence-electron chi connectivity index (χ4n) is 2.13. The van der Waals surface area contributed by atoms with E-state index in [0.29, 0.717) is 6.04 Å². The van der Waals surface area contributed by atoms with Crippen LogP contribution < -0.4 is 11.1 Å². The van der Waals surface area contributed by atoms with E-state index in [4.69, 9.17) is 5.73 Å². The summed E-state index contributed by atoms with van der Waals surface area (Å²) in [7, 11) is 0. The van der Waals surface area contributed by atoms with Gasteiger partial charge in [-0.2, -0.15) is 0 Å². The van der Waals surface area contributed by atoms with Gasteiger partial charge in [0.15, 0.2) is 0 Å². The van der Waals surface area contributed by atoms with Crippen molar-refractivity contribution < 1.29 is 0 Å². The Morgan fingerprint density at radius 1 is 1.40 bits per heavy atom. The summed E-state index contributed by atoms with van der Waals surface area (Å²) in [5.74, 6) is 5.90. The average Bonchev–Trinajstić information content (AvgIpc) is 2.58. The van der Waals surface area contributed by atoms with Crippen LogP contribution in [0.1, 0.15) is 36.6 Å². The van der Waals surface area contributed by atoms with Crippen molar-refractivity contribution in [3.05, 3.63) is 35.4 Å². The molecule has 2 rings (SSSR count). The number of nitrogens with one attached hydrogen (secondary N) is 1. The molecule has 1 aliphatic rings. The molecule has 1 aromatic rings. The number of rotatable bonds is 2. The second-order valence-corrected chi connectivity index (χ2v) is 3.83. The summed E-state index contributed by atoms with van der Waals surface area (Å²) in [5.41, 5.74) is 8.68. The molecule has 0 fully saturated rings. The molecule has 0 saturated heterocycles. The Balaban J connectivity index is 2.13. The molecule has 0 aliphatic heterocycles. The van der Waals surface area contributed by atoms with Crippen LogP contribution in [0.2, 0.25) is 0 Å². The van der Waals surface area contributed by atoms with Crippen LogP contribution in [0.4, 0.5) is 0 Å². The molecule has 1 aliphatic carbocycles. The van der Waals surface area contributed by atoms with Crippen LogP contribution >= 0.6 is 0 Å². The van der Waals surface area contributed by atoms with Crippen LogP contribution in [-0.4, -0.2) is 6.54 Å². The van der Waals surface area contributed by atoms with Crippen LogP contribution in [0.5, 0.6) is 0 Å². The summed E-state index contributed by atoms with van der Waals surface area (Å²) in [4.78, 5) is 0. The molecular weight excluding hydrogens is 184 g/mol. The van der Waals surface area contributed by atoms with Gasteiger partial charge >= 0.3 is 0 Å². The highest BCUT2D eigenvalue weighted by Gasteiger charge is 2.27. The zero-order valence-electron chi connectivity index (χ0n) is 8.96. The number of fused-ring (bicyclic) bond motifs is 1. The van der Waals surface area contributed by atoms with Crippen molar-refractivity contribution in [3.8, 4) is 11.8 Å². The fourth-order valence-corrected chi connectivity index (χ4v) is 2.13. The minimum absolute atomic E-state index is 0.174. The molecule has 2 heteroatoms. The summed E-state index contributed by atoms with van der Waals surface area (Å²) < 4.78 is 0. The number of hydrogen-bond acceptors (Lipinski definition) is 2. The zero-order valence-corrected chi connectivity index (χ0v) is 8.96. The van der Waals surface area contributed by atoms with Crippen molar-refractivity contribution >= 4 is 0 Å². The first-order valence-electron chi connectivity index (χ1n) is 5.30. The molecule has 0 heterocycles. The Labute approximate surface area is 90.9 Å². The second-order valence-electron chi connectivity index (χ2n) is 3.83. The summed E-state index contributed by atoms with van der Waals surface area (Å²) in [5, 5.41) is 3.42. The van der Waals surface area contributed by atoms with E-state index in [2.05, 4.69) is 35.4 Å². The quantitative estimate of drug-likeness (QED) is 0.714. The topological polar surface area (TPSA) is 38.0 Å². The summed E-state index contributed by atoms with van der Waals surface area (Å²) in [6.07, 6.45) is 0.977. The monoisotopic (exact) mass is 200 g/mol.